The van der Waals surface area contributed by atoms with Crippen molar-refractivity contribution >= 4 is 33.6 Å². The molecule has 2 aromatic heterocycles. The van der Waals surface area contributed by atoms with E-state index in [0.717, 1.165) is 18.4 Å². The molecule has 0 radical (unpaired) electrons. The summed E-state index contributed by atoms with van der Waals surface area (Å²) in [6, 6.07) is 0. The number of nitrogens with zero attached hydrogens (tertiary/aromatic N) is 2. The maximum Gasteiger partial charge on any atom is 0.418 e. The van der Waals surface area contributed by atoms with Gasteiger partial charge in [-0.1, -0.05) is 0 Å². The molecule has 176 valence electrons. The molecule has 0 N–H and O–H groups in total. The van der Waals surface area contributed by atoms with E-state index in [-0.39, 0.29) is 27.2 Å². The van der Waals surface area contributed by atoms with Gasteiger partial charge in [-0.15, -0.1) is 11.3 Å². The molecule has 1 saturated heterocycles. The third-order valence-electron chi connectivity index (χ3n) is 4.96. The van der Waals surface area contributed by atoms with Crippen LogP contribution < -0.4 is 4.74 Å². The monoisotopic (exact) mass is 474 g/mol. The summed E-state index contributed by atoms with van der Waals surface area (Å²) in [5, 5.41) is 1.31. The van der Waals surface area contributed by atoms with E-state index in [9.17, 15) is 22.8 Å². The van der Waals surface area contributed by atoms with Crippen molar-refractivity contribution in [2.75, 3.05) is 20.2 Å². The van der Waals surface area contributed by atoms with Gasteiger partial charge in [0, 0.05) is 36.9 Å². The Bertz CT molecular complexity index is 1020. The molecule has 0 aromatic carbocycles. The van der Waals surface area contributed by atoms with Crippen LogP contribution in [0.4, 0.5) is 18.0 Å². The second-order valence-corrected chi connectivity index (χ2v) is 9.40. The molecule has 2 aromatic rings. The Labute approximate surface area is 187 Å². The number of ether oxygens (including phenoxy) is 3. The number of likely N-dealkylation sites (tertiary alicyclic amines) is 1. The van der Waals surface area contributed by atoms with Crippen LogP contribution in [0.2, 0.25) is 0 Å². The Morgan fingerprint density at radius 2 is 1.81 bits per heavy atom. The summed E-state index contributed by atoms with van der Waals surface area (Å²) in [6.45, 7) is 7.32. The Morgan fingerprint density at radius 3 is 2.34 bits per heavy atom. The molecule has 1 fully saturated rings. The van der Waals surface area contributed by atoms with E-state index in [1.807, 2.05) is 0 Å². The zero-order chi connectivity index (χ0) is 23.8. The van der Waals surface area contributed by atoms with E-state index in [4.69, 9.17) is 9.47 Å². The number of halogens is 3. The third-order valence-corrected chi connectivity index (χ3v) is 5.95. The quantitative estimate of drug-likeness (QED) is 0.570. The number of carbonyl (C=O) groups excluding carboxylic acids is 2. The van der Waals surface area contributed by atoms with Crippen LogP contribution >= 0.6 is 11.3 Å². The van der Waals surface area contributed by atoms with Crippen molar-refractivity contribution in [3.63, 3.8) is 0 Å². The third kappa shape index (κ3) is 5.08. The first-order valence-electron chi connectivity index (χ1n) is 10.0. The molecule has 32 heavy (non-hydrogen) atoms. The zero-order valence-electron chi connectivity index (χ0n) is 18.5. The SMILES string of the molecule is COC(=O)c1csc2c(C(F)(F)F)c(C)c(OC3CCN(C(=O)OC(C)(C)C)CC3)nc12. The predicted octanol–water partition coefficient (Wildman–Crippen LogP) is 5.19. The van der Waals surface area contributed by atoms with E-state index in [1.54, 1.807) is 25.7 Å². The Balaban J connectivity index is 1.86. The summed E-state index contributed by atoms with van der Waals surface area (Å²) in [7, 11) is 1.15. The lowest BCUT2D eigenvalue weighted by Gasteiger charge is -2.33. The zero-order valence-corrected chi connectivity index (χ0v) is 19.3. The Kier molecular flexibility index (Phi) is 6.60. The molecule has 0 spiro atoms. The maximum absolute atomic E-state index is 13.9. The number of aromatic nitrogens is 1. The lowest BCUT2D eigenvalue weighted by molar-refractivity contribution is -0.136. The van der Waals surface area contributed by atoms with E-state index in [0.29, 0.717) is 25.9 Å². The predicted molar refractivity (Wildman–Crippen MR) is 112 cm³/mol. The average Bonchev–Trinajstić information content (AvgIpc) is 3.09. The van der Waals surface area contributed by atoms with Gasteiger partial charge in [0.05, 0.1) is 22.9 Å². The number of fused-ring (bicyclic) bond motifs is 1. The number of hydrogen-bond acceptors (Lipinski definition) is 7. The van der Waals surface area contributed by atoms with Gasteiger partial charge in [0.15, 0.2) is 0 Å². The topological polar surface area (TPSA) is 78.0 Å². The van der Waals surface area contributed by atoms with Gasteiger partial charge in [0.1, 0.15) is 17.2 Å². The Morgan fingerprint density at radius 1 is 1.19 bits per heavy atom. The van der Waals surface area contributed by atoms with Crippen LogP contribution in [0.3, 0.4) is 0 Å². The average molecular weight is 475 g/mol. The van der Waals surface area contributed by atoms with Crippen molar-refractivity contribution in [3.8, 4) is 5.88 Å². The van der Waals surface area contributed by atoms with Gasteiger partial charge in [-0.25, -0.2) is 14.6 Å². The first kappa shape index (κ1) is 24.1. The normalized spacial score (nSPS) is 15.7. The molecule has 3 rings (SSSR count). The highest BCUT2D eigenvalue weighted by atomic mass is 32.1. The van der Waals surface area contributed by atoms with Crippen LogP contribution in [0, 0.1) is 6.92 Å². The van der Waals surface area contributed by atoms with Crippen molar-refractivity contribution in [1.82, 2.24) is 9.88 Å². The van der Waals surface area contributed by atoms with Gasteiger partial charge < -0.3 is 19.1 Å². The van der Waals surface area contributed by atoms with Crippen molar-refractivity contribution in [3.05, 3.63) is 22.1 Å². The molecule has 0 atom stereocenters. The standard InChI is InChI=1S/C21H25F3N2O5S/c1-11-14(21(22,23)24)16-15(13(10-32-16)18(27)29-5)25-17(11)30-12-6-8-26(9-7-12)19(28)31-20(2,3)4/h10,12H,6-9H2,1-5H3. The number of alkyl halides is 3. The highest BCUT2D eigenvalue weighted by Crippen LogP contribution is 2.43. The minimum absolute atomic E-state index is 0.0393. The number of methoxy groups -OCH3 is 1. The molecule has 7 nitrogen and oxygen atoms in total. The van der Waals surface area contributed by atoms with Gasteiger partial charge in [-0.3, -0.25) is 0 Å². The summed E-state index contributed by atoms with van der Waals surface area (Å²) in [5.74, 6) is -0.943. The summed E-state index contributed by atoms with van der Waals surface area (Å²) in [4.78, 5) is 30.0. The molecular formula is C21H25F3N2O5S. The molecule has 0 bridgehead atoms. The molecular weight excluding hydrogens is 449 g/mol. The minimum atomic E-state index is -4.65. The van der Waals surface area contributed by atoms with Gasteiger partial charge >= 0.3 is 18.2 Å². The van der Waals surface area contributed by atoms with Crippen LogP contribution in [0.25, 0.3) is 10.2 Å². The van der Waals surface area contributed by atoms with Crippen LogP contribution in [0.1, 0.15) is 55.1 Å². The number of thiophene rings is 1. The molecule has 3 heterocycles. The lowest BCUT2D eigenvalue weighted by atomic mass is 10.1. The van der Waals surface area contributed by atoms with Crippen molar-refractivity contribution in [2.45, 2.75) is 58.4 Å². The van der Waals surface area contributed by atoms with E-state index in [2.05, 4.69) is 9.72 Å². The van der Waals surface area contributed by atoms with Gasteiger partial charge in [-0.05, 0) is 27.7 Å². The first-order chi connectivity index (χ1) is 14.8. The van der Waals surface area contributed by atoms with E-state index < -0.39 is 35.5 Å². The summed E-state index contributed by atoms with van der Waals surface area (Å²) < 4.78 is 57.3. The fraction of sp³-hybridized carbons (Fsp3) is 0.571. The summed E-state index contributed by atoms with van der Waals surface area (Å²) in [6.07, 6.45) is -4.70. The molecule has 0 unspecified atom stereocenters. The van der Waals surface area contributed by atoms with Gasteiger partial charge in [0.2, 0.25) is 5.88 Å². The summed E-state index contributed by atoms with van der Waals surface area (Å²) in [5.41, 5.74) is -1.77. The molecule has 1 aliphatic rings. The molecule has 0 aliphatic carbocycles. The van der Waals surface area contributed by atoms with Crippen LogP contribution in [0.5, 0.6) is 5.88 Å². The number of hydrogen-bond donors (Lipinski definition) is 0. The second kappa shape index (κ2) is 8.76. The summed E-state index contributed by atoms with van der Waals surface area (Å²) >= 11 is 0.791. The first-order valence-corrected chi connectivity index (χ1v) is 10.9. The number of amides is 1. The molecule has 1 aliphatic heterocycles. The van der Waals surface area contributed by atoms with Crippen LogP contribution in [0.15, 0.2) is 5.38 Å². The van der Waals surface area contributed by atoms with Crippen LogP contribution in [-0.4, -0.2) is 53.9 Å². The van der Waals surface area contributed by atoms with Gasteiger partial charge in [0.25, 0.3) is 0 Å². The number of pyridine rings is 1. The maximum atomic E-state index is 13.9. The van der Waals surface area contributed by atoms with Crippen molar-refractivity contribution < 1.29 is 37.0 Å². The lowest BCUT2D eigenvalue weighted by Crippen LogP contribution is -2.44. The molecule has 1 amide bonds. The highest BCUT2D eigenvalue weighted by Gasteiger charge is 2.39. The minimum Gasteiger partial charge on any atom is -0.474 e. The van der Waals surface area contributed by atoms with Gasteiger partial charge in [-0.2, -0.15) is 13.2 Å². The number of esters is 1. The van der Waals surface area contributed by atoms with Crippen LogP contribution in [-0.2, 0) is 15.7 Å². The molecule has 11 heteroatoms. The number of rotatable bonds is 3. The number of carbonyl (C=O) groups is 2. The van der Waals surface area contributed by atoms with E-state index >= 15 is 0 Å². The Hall–Kier alpha value is -2.56. The number of piperidine rings is 1. The molecule has 0 saturated carbocycles. The van der Waals surface area contributed by atoms with Crippen molar-refractivity contribution in [1.29, 1.82) is 0 Å². The largest absolute Gasteiger partial charge is 0.474 e. The smallest absolute Gasteiger partial charge is 0.418 e. The van der Waals surface area contributed by atoms with E-state index in [1.165, 1.54) is 12.3 Å². The highest BCUT2D eigenvalue weighted by molar-refractivity contribution is 7.17. The fourth-order valence-electron chi connectivity index (χ4n) is 3.45. The fourth-order valence-corrected chi connectivity index (χ4v) is 4.55. The second-order valence-electron chi connectivity index (χ2n) is 8.52. The van der Waals surface area contributed by atoms with Crippen molar-refractivity contribution in [2.24, 2.45) is 0 Å².